The van der Waals surface area contributed by atoms with Gasteiger partial charge in [0, 0.05) is 5.33 Å². The smallest absolute Gasteiger partial charge is 0.295 e. The number of carbonyl (C=O) groups excluding carboxylic acids is 1. The highest BCUT2D eigenvalue weighted by molar-refractivity contribution is 9.39. The van der Waals surface area contributed by atoms with Gasteiger partial charge in [0.05, 0.1) is 5.60 Å². The van der Waals surface area contributed by atoms with Gasteiger partial charge in [-0.1, -0.05) is 63.7 Å². The molecule has 0 aromatic rings. The fourth-order valence-corrected chi connectivity index (χ4v) is 1.28. The molecule has 7 heteroatoms. The van der Waals surface area contributed by atoms with Gasteiger partial charge in [-0.2, -0.15) is 0 Å². The summed E-state index contributed by atoms with van der Waals surface area (Å²) in [7, 11) is 0. The molecule has 84 valence electrons. The Morgan fingerprint density at radius 2 is 1.86 bits per heavy atom. The number of hydrogen-bond acceptors (Lipinski definition) is 3. The predicted octanol–water partition coefficient (Wildman–Crippen LogP) is 3.51. The first-order valence-electron chi connectivity index (χ1n) is 3.62. The van der Waals surface area contributed by atoms with E-state index < -0.39 is 14.0 Å². The maximum absolute atomic E-state index is 10.3. The predicted molar refractivity (Wildman–Crippen MR) is 69.4 cm³/mol. The van der Waals surface area contributed by atoms with Gasteiger partial charge in [-0.15, -0.1) is 0 Å². The molecule has 0 N–H and O–H groups in total. The van der Waals surface area contributed by atoms with Gasteiger partial charge >= 0.3 is 0 Å². The summed E-state index contributed by atoms with van der Waals surface area (Å²) in [5.41, 5.74) is -0.436. The molecule has 0 rings (SSSR count). The molecule has 3 nitrogen and oxygen atoms in total. The molecule has 0 amide bonds. The second-order valence-corrected chi connectivity index (χ2v) is 10.6. The molecular formula is C7H10Br4O3. The quantitative estimate of drug-likeness (QED) is 0.357. The fourth-order valence-electron chi connectivity index (χ4n) is 0.543. The summed E-state index contributed by atoms with van der Waals surface area (Å²) >= 11 is 13.0. The molecule has 0 saturated carbocycles. The van der Waals surface area contributed by atoms with Crippen LogP contribution in [0.4, 0.5) is 0 Å². The van der Waals surface area contributed by atoms with Crippen molar-refractivity contribution in [2.75, 3.05) is 5.33 Å². The van der Waals surface area contributed by atoms with Gasteiger partial charge < -0.3 is 9.47 Å². The molecule has 0 spiro atoms. The van der Waals surface area contributed by atoms with Gasteiger partial charge in [0.2, 0.25) is 6.29 Å². The van der Waals surface area contributed by atoms with Crippen molar-refractivity contribution < 1.29 is 14.3 Å². The van der Waals surface area contributed by atoms with E-state index in [1.165, 1.54) is 0 Å². The Balaban J connectivity index is 4.45. The van der Waals surface area contributed by atoms with Crippen molar-refractivity contribution in [1.82, 2.24) is 0 Å². The second kappa shape index (κ2) is 6.18. The summed E-state index contributed by atoms with van der Waals surface area (Å²) in [5.74, 6) is 0. The zero-order valence-corrected chi connectivity index (χ0v) is 13.9. The van der Waals surface area contributed by atoms with E-state index in [0.717, 1.165) is 0 Å². The zero-order valence-electron chi connectivity index (χ0n) is 7.60. The molecule has 0 bridgehead atoms. The van der Waals surface area contributed by atoms with Crippen LogP contribution in [0.15, 0.2) is 0 Å². The summed E-state index contributed by atoms with van der Waals surface area (Å²) in [6.07, 6.45) is -0.771. The molecule has 14 heavy (non-hydrogen) atoms. The molecule has 0 aliphatic heterocycles. The largest absolute Gasteiger partial charge is 0.434 e. The third-order valence-corrected chi connectivity index (χ3v) is 3.67. The topological polar surface area (TPSA) is 35.5 Å². The van der Waals surface area contributed by atoms with Crippen LogP contribution in [0.3, 0.4) is 0 Å². The number of ether oxygens (including phenoxy) is 2. The Kier molecular flexibility index (Phi) is 6.77. The molecule has 0 aliphatic rings. The van der Waals surface area contributed by atoms with Crippen molar-refractivity contribution in [2.45, 2.75) is 27.9 Å². The van der Waals surface area contributed by atoms with Crippen molar-refractivity contribution in [1.29, 1.82) is 0 Å². The third kappa shape index (κ3) is 6.05. The average Bonchev–Trinajstić information content (AvgIpc) is 2.02. The first kappa shape index (κ1) is 15.3. The molecule has 0 aliphatic carbocycles. The highest BCUT2D eigenvalue weighted by Gasteiger charge is 2.37. The monoisotopic (exact) mass is 458 g/mol. The molecule has 0 aromatic heterocycles. The normalized spacial score (nSPS) is 15.0. The van der Waals surface area contributed by atoms with Gasteiger partial charge in [-0.05, 0) is 13.8 Å². The van der Waals surface area contributed by atoms with E-state index in [1.807, 2.05) is 13.8 Å². The van der Waals surface area contributed by atoms with Gasteiger partial charge in [-0.3, -0.25) is 4.79 Å². The van der Waals surface area contributed by atoms with Gasteiger partial charge in [0.15, 0.2) is 2.14 Å². The van der Waals surface area contributed by atoms with Crippen LogP contribution in [-0.4, -0.2) is 25.8 Å². The molecule has 0 radical (unpaired) electrons. The van der Waals surface area contributed by atoms with Crippen molar-refractivity contribution >= 4 is 70.2 Å². The Hall–Kier alpha value is 1.35. The van der Waals surface area contributed by atoms with Crippen molar-refractivity contribution in [3.8, 4) is 0 Å². The lowest BCUT2D eigenvalue weighted by Gasteiger charge is -2.32. The van der Waals surface area contributed by atoms with Crippen molar-refractivity contribution in [3.63, 3.8) is 0 Å². The lowest BCUT2D eigenvalue weighted by Crippen LogP contribution is -2.39. The SMILES string of the molecule is CC(C)(CBr)OC(OC=O)C(Br)(Br)Br. The Morgan fingerprint density at radius 3 is 2.14 bits per heavy atom. The average molecular weight is 462 g/mol. The van der Waals surface area contributed by atoms with E-state index in [4.69, 9.17) is 9.47 Å². The van der Waals surface area contributed by atoms with E-state index in [1.54, 1.807) is 0 Å². The Morgan fingerprint density at radius 1 is 1.36 bits per heavy atom. The van der Waals surface area contributed by atoms with E-state index in [9.17, 15) is 4.79 Å². The first-order valence-corrected chi connectivity index (χ1v) is 7.12. The van der Waals surface area contributed by atoms with E-state index >= 15 is 0 Å². The summed E-state index contributed by atoms with van der Waals surface area (Å²) in [4.78, 5) is 10.3. The highest BCUT2D eigenvalue weighted by Crippen LogP contribution is 2.40. The van der Waals surface area contributed by atoms with Crippen LogP contribution >= 0.6 is 63.7 Å². The fraction of sp³-hybridized carbons (Fsp3) is 0.857. The summed E-state index contributed by atoms with van der Waals surface area (Å²) < 4.78 is 9.55. The molecule has 0 aromatic carbocycles. The minimum Gasteiger partial charge on any atom is -0.434 e. The Bertz CT molecular complexity index is 190. The molecule has 0 fully saturated rings. The molecule has 0 heterocycles. The third-order valence-electron chi connectivity index (χ3n) is 1.19. The molecule has 0 saturated heterocycles. The van der Waals surface area contributed by atoms with E-state index in [2.05, 4.69) is 63.7 Å². The van der Waals surface area contributed by atoms with Crippen LogP contribution in [0, 0.1) is 0 Å². The van der Waals surface area contributed by atoms with Crippen molar-refractivity contribution in [3.05, 3.63) is 0 Å². The summed E-state index contributed by atoms with van der Waals surface area (Å²) in [6, 6.07) is 0. The van der Waals surface area contributed by atoms with Crippen LogP contribution in [0.25, 0.3) is 0 Å². The maximum atomic E-state index is 10.3. The summed E-state index contributed by atoms with van der Waals surface area (Å²) in [5, 5.41) is 0.627. The standard InChI is InChI=1S/C7H10Br4O3/c1-6(2,3-8)14-5(13-4-12)7(9,10)11/h4-5H,3H2,1-2H3. The lowest BCUT2D eigenvalue weighted by atomic mass is 10.2. The van der Waals surface area contributed by atoms with Crippen LogP contribution in [-0.2, 0) is 14.3 Å². The molecular weight excluding hydrogens is 452 g/mol. The Labute approximate surface area is 117 Å². The maximum Gasteiger partial charge on any atom is 0.295 e. The van der Waals surface area contributed by atoms with Gasteiger partial charge in [0.25, 0.3) is 6.47 Å². The van der Waals surface area contributed by atoms with Crippen LogP contribution in [0.1, 0.15) is 13.8 Å². The number of hydrogen-bond donors (Lipinski definition) is 0. The van der Waals surface area contributed by atoms with Crippen LogP contribution < -0.4 is 0 Å². The molecule has 1 atom stereocenters. The second-order valence-electron chi connectivity index (χ2n) is 3.12. The van der Waals surface area contributed by atoms with Crippen LogP contribution in [0.2, 0.25) is 0 Å². The zero-order chi connectivity index (χ0) is 11.4. The highest BCUT2D eigenvalue weighted by atomic mass is 80.0. The minimum atomic E-state index is -0.784. The van der Waals surface area contributed by atoms with Gasteiger partial charge in [-0.25, -0.2) is 0 Å². The molecule has 1 unspecified atom stereocenters. The van der Waals surface area contributed by atoms with E-state index in [-0.39, 0.29) is 0 Å². The number of halogens is 4. The first-order chi connectivity index (χ1) is 6.23. The summed E-state index contributed by atoms with van der Waals surface area (Å²) in [6.45, 7) is 4.09. The van der Waals surface area contributed by atoms with E-state index in [0.29, 0.717) is 11.8 Å². The van der Waals surface area contributed by atoms with Crippen LogP contribution in [0.5, 0.6) is 0 Å². The lowest BCUT2D eigenvalue weighted by molar-refractivity contribution is -0.185. The number of rotatable bonds is 5. The van der Waals surface area contributed by atoms with Crippen molar-refractivity contribution in [2.24, 2.45) is 0 Å². The number of alkyl halides is 4. The minimum absolute atomic E-state index is 0.341. The number of carbonyl (C=O) groups is 1. The van der Waals surface area contributed by atoms with Gasteiger partial charge in [0.1, 0.15) is 0 Å².